The van der Waals surface area contributed by atoms with Gasteiger partial charge in [0.25, 0.3) is 0 Å². The summed E-state index contributed by atoms with van der Waals surface area (Å²) in [5, 5.41) is 13.4. The van der Waals surface area contributed by atoms with Crippen molar-refractivity contribution < 1.29 is 9.84 Å². The van der Waals surface area contributed by atoms with Gasteiger partial charge >= 0.3 is 0 Å². The molecule has 2 fully saturated rings. The second-order valence-corrected chi connectivity index (χ2v) is 7.39. The fourth-order valence-electron chi connectivity index (χ4n) is 3.03. The molecule has 0 bridgehead atoms. The van der Waals surface area contributed by atoms with E-state index in [9.17, 15) is 5.11 Å². The van der Waals surface area contributed by atoms with E-state index in [4.69, 9.17) is 4.74 Å². The van der Waals surface area contributed by atoms with Crippen molar-refractivity contribution in [3.8, 4) is 0 Å². The van der Waals surface area contributed by atoms with Gasteiger partial charge in [0, 0.05) is 17.8 Å². The standard InChI is InChI=1S/C15H29NO2S/c1-19-15(8-5-9-15)12-16-10-13(17)11-18-14-6-3-2-4-7-14/h13-14,16-17H,2-12H2,1H3. The monoisotopic (exact) mass is 287 g/mol. The van der Waals surface area contributed by atoms with Crippen LogP contribution in [0.15, 0.2) is 0 Å². The molecule has 2 saturated carbocycles. The number of nitrogens with one attached hydrogen (secondary N) is 1. The van der Waals surface area contributed by atoms with Gasteiger partial charge in [0.15, 0.2) is 0 Å². The highest BCUT2D eigenvalue weighted by Crippen LogP contribution is 2.42. The predicted molar refractivity (Wildman–Crippen MR) is 81.8 cm³/mol. The van der Waals surface area contributed by atoms with Crippen LogP contribution in [0, 0.1) is 0 Å². The number of rotatable bonds is 8. The van der Waals surface area contributed by atoms with Crippen LogP contribution in [0.3, 0.4) is 0 Å². The van der Waals surface area contributed by atoms with Crippen molar-refractivity contribution in [1.29, 1.82) is 0 Å². The first-order valence-corrected chi connectivity index (χ1v) is 9.02. The summed E-state index contributed by atoms with van der Waals surface area (Å²) in [4.78, 5) is 0. The Kier molecular flexibility index (Phi) is 6.46. The molecule has 0 saturated heterocycles. The Morgan fingerprint density at radius 3 is 2.58 bits per heavy atom. The van der Waals surface area contributed by atoms with Crippen molar-refractivity contribution in [1.82, 2.24) is 5.32 Å². The third-order valence-corrected chi connectivity index (χ3v) is 6.02. The second-order valence-electron chi connectivity index (χ2n) is 6.12. The molecule has 0 radical (unpaired) electrons. The van der Waals surface area contributed by atoms with E-state index in [1.165, 1.54) is 51.4 Å². The smallest absolute Gasteiger partial charge is 0.0897 e. The van der Waals surface area contributed by atoms with Crippen LogP contribution >= 0.6 is 11.8 Å². The molecule has 0 aliphatic heterocycles. The first-order chi connectivity index (χ1) is 9.24. The van der Waals surface area contributed by atoms with E-state index in [0.29, 0.717) is 24.0 Å². The molecule has 2 aliphatic rings. The summed E-state index contributed by atoms with van der Waals surface area (Å²) < 4.78 is 6.25. The van der Waals surface area contributed by atoms with Crippen molar-refractivity contribution in [2.24, 2.45) is 0 Å². The van der Waals surface area contributed by atoms with Crippen molar-refractivity contribution in [2.45, 2.75) is 68.3 Å². The fraction of sp³-hybridized carbons (Fsp3) is 1.00. The Morgan fingerprint density at radius 1 is 1.26 bits per heavy atom. The van der Waals surface area contributed by atoms with E-state index in [1.54, 1.807) is 0 Å². The summed E-state index contributed by atoms with van der Waals surface area (Å²) in [5.74, 6) is 0. The minimum absolute atomic E-state index is 0.360. The molecule has 0 aromatic carbocycles. The van der Waals surface area contributed by atoms with Crippen molar-refractivity contribution in [3.63, 3.8) is 0 Å². The number of aliphatic hydroxyl groups is 1. The molecule has 0 aromatic rings. The molecule has 0 spiro atoms. The lowest BCUT2D eigenvalue weighted by Gasteiger charge is -2.40. The van der Waals surface area contributed by atoms with Gasteiger partial charge in [0.2, 0.25) is 0 Å². The minimum Gasteiger partial charge on any atom is -0.389 e. The lowest BCUT2D eigenvalue weighted by atomic mass is 9.84. The lowest BCUT2D eigenvalue weighted by Crippen LogP contribution is -2.45. The third kappa shape index (κ3) is 4.92. The average Bonchev–Trinajstić information content (AvgIpc) is 2.41. The van der Waals surface area contributed by atoms with Crippen molar-refractivity contribution in [2.75, 3.05) is 26.0 Å². The highest BCUT2D eigenvalue weighted by atomic mass is 32.2. The molecule has 0 amide bonds. The normalized spacial score (nSPS) is 24.9. The van der Waals surface area contributed by atoms with Crippen molar-refractivity contribution in [3.05, 3.63) is 0 Å². The maximum absolute atomic E-state index is 9.95. The molecule has 0 aromatic heterocycles. The molecule has 19 heavy (non-hydrogen) atoms. The van der Waals surface area contributed by atoms with Gasteiger partial charge in [-0.25, -0.2) is 0 Å². The van der Waals surface area contributed by atoms with Crippen LogP contribution in [-0.4, -0.2) is 48.0 Å². The molecular formula is C15H29NO2S. The maximum atomic E-state index is 9.95. The highest BCUT2D eigenvalue weighted by molar-refractivity contribution is 8.00. The molecule has 3 nitrogen and oxygen atoms in total. The van der Waals surface area contributed by atoms with Crippen LogP contribution < -0.4 is 5.32 Å². The van der Waals surface area contributed by atoms with Gasteiger partial charge < -0.3 is 15.2 Å². The Morgan fingerprint density at radius 2 is 2.00 bits per heavy atom. The van der Waals surface area contributed by atoms with E-state index in [-0.39, 0.29) is 6.10 Å². The van der Waals surface area contributed by atoms with Crippen LogP contribution in [0.5, 0.6) is 0 Å². The average molecular weight is 287 g/mol. The molecule has 2 aliphatic carbocycles. The summed E-state index contributed by atoms with van der Waals surface area (Å²) in [6.07, 6.45) is 12.5. The number of hydrogen-bond donors (Lipinski definition) is 2. The molecule has 1 unspecified atom stereocenters. The highest BCUT2D eigenvalue weighted by Gasteiger charge is 2.35. The van der Waals surface area contributed by atoms with Crippen LogP contribution in [-0.2, 0) is 4.74 Å². The molecular weight excluding hydrogens is 258 g/mol. The van der Waals surface area contributed by atoms with Crippen LogP contribution in [0.4, 0.5) is 0 Å². The molecule has 0 heterocycles. The summed E-state index contributed by atoms with van der Waals surface area (Å²) in [7, 11) is 0. The fourth-order valence-corrected chi connectivity index (χ4v) is 3.97. The summed E-state index contributed by atoms with van der Waals surface area (Å²) in [6, 6.07) is 0. The van der Waals surface area contributed by atoms with Gasteiger partial charge in [-0.3, -0.25) is 0 Å². The van der Waals surface area contributed by atoms with E-state index >= 15 is 0 Å². The molecule has 4 heteroatoms. The number of aliphatic hydroxyl groups excluding tert-OH is 1. The number of ether oxygens (including phenoxy) is 1. The summed E-state index contributed by atoms with van der Waals surface area (Å²) >= 11 is 1.97. The van der Waals surface area contributed by atoms with Gasteiger partial charge in [-0.15, -0.1) is 0 Å². The molecule has 112 valence electrons. The SMILES string of the molecule is CSC1(CNCC(O)COC2CCCCC2)CCC1. The number of hydrogen-bond acceptors (Lipinski definition) is 4. The zero-order valence-corrected chi connectivity index (χ0v) is 13.0. The van der Waals surface area contributed by atoms with Crippen molar-refractivity contribution >= 4 is 11.8 Å². The first-order valence-electron chi connectivity index (χ1n) is 7.80. The summed E-state index contributed by atoms with van der Waals surface area (Å²) in [5.41, 5.74) is 0. The zero-order valence-electron chi connectivity index (χ0n) is 12.2. The zero-order chi connectivity index (χ0) is 13.6. The Labute approximate surface area is 121 Å². The van der Waals surface area contributed by atoms with Gasteiger partial charge in [-0.1, -0.05) is 25.7 Å². The third-order valence-electron chi connectivity index (χ3n) is 4.60. The predicted octanol–water partition coefficient (Wildman–Crippen LogP) is 2.57. The van der Waals surface area contributed by atoms with Crippen LogP contribution in [0.1, 0.15) is 51.4 Å². The van der Waals surface area contributed by atoms with Gasteiger partial charge in [-0.05, 0) is 31.9 Å². The Bertz CT molecular complexity index is 247. The maximum Gasteiger partial charge on any atom is 0.0897 e. The molecule has 2 rings (SSSR count). The first kappa shape index (κ1) is 15.6. The number of thioether (sulfide) groups is 1. The van der Waals surface area contributed by atoms with E-state index in [2.05, 4.69) is 11.6 Å². The van der Waals surface area contributed by atoms with Gasteiger partial charge in [0.05, 0.1) is 18.8 Å². The second kappa shape index (κ2) is 7.87. The molecule has 2 N–H and O–H groups in total. The van der Waals surface area contributed by atoms with Gasteiger partial charge in [-0.2, -0.15) is 11.8 Å². The summed E-state index contributed by atoms with van der Waals surface area (Å²) in [6.45, 7) is 2.17. The molecule has 1 atom stereocenters. The Hall–Kier alpha value is 0.230. The van der Waals surface area contributed by atoms with Crippen LogP contribution in [0.25, 0.3) is 0 Å². The minimum atomic E-state index is -0.360. The van der Waals surface area contributed by atoms with Gasteiger partial charge in [0.1, 0.15) is 0 Å². The van der Waals surface area contributed by atoms with E-state index in [0.717, 1.165) is 6.54 Å². The lowest BCUT2D eigenvalue weighted by molar-refractivity contribution is -0.0231. The Balaban J connectivity index is 1.53. The largest absolute Gasteiger partial charge is 0.389 e. The van der Waals surface area contributed by atoms with E-state index in [1.807, 2.05) is 11.8 Å². The quantitative estimate of drug-likeness (QED) is 0.720. The van der Waals surface area contributed by atoms with Crippen LogP contribution in [0.2, 0.25) is 0 Å². The van der Waals surface area contributed by atoms with E-state index < -0.39 is 0 Å². The topological polar surface area (TPSA) is 41.5 Å².